The molecule has 140 valence electrons. The maximum absolute atomic E-state index is 10.2. The van der Waals surface area contributed by atoms with E-state index in [-0.39, 0.29) is 0 Å². The van der Waals surface area contributed by atoms with E-state index in [0.717, 1.165) is 17.1 Å². The molecule has 3 aromatic rings. The molecule has 0 saturated carbocycles. The number of fused-ring (bicyclic) bond motifs is 2. The van der Waals surface area contributed by atoms with E-state index in [1.54, 1.807) is 23.5 Å². The van der Waals surface area contributed by atoms with E-state index in [4.69, 9.17) is 4.74 Å². The SMILES string of the molecule is N#CC1(c2cccc3c2Sc2ccccc2S3)C=CC(Oc2ccccc2)=CC1. The number of rotatable bonds is 3. The van der Waals surface area contributed by atoms with Gasteiger partial charge in [0.1, 0.15) is 16.9 Å². The summed E-state index contributed by atoms with van der Waals surface area (Å²) >= 11 is 3.54. The summed E-state index contributed by atoms with van der Waals surface area (Å²) in [6.07, 6.45) is 6.52. The Kier molecular flexibility index (Phi) is 4.71. The summed E-state index contributed by atoms with van der Waals surface area (Å²) in [5.41, 5.74) is 0.380. The van der Waals surface area contributed by atoms with Gasteiger partial charge in [0.25, 0.3) is 0 Å². The van der Waals surface area contributed by atoms with Crippen molar-refractivity contribution in [3.63, 3.8) is 0 Å². The Morgan fingerprint density at radius 2 is 1.55 bits per heavy atom. The molecule has 0 fully saturated rings. The number of hydrogen-bond acceptors (Lipinski definition) is 4. The molecule has 0 aromatic heterocycles. The molecule has 2 aliphatic rings. The summed E-state index contributed by atoms with van der Waals surface area (Å²) in [6.45, 7) is 0. The van der Waals surface area contributed by atoms with Crippen molar-refractivity contribution in [2.75, 3.05) is 0 Å². The van der Waals surface area contributed by atoms with Crippen molar-refractivity contribution >= 4 is 23.5 Å². The lowest BCUT2D eigenvalue weighted by Gasteiger charge is -2.30. The summed E-state index contributed by atoms with van der Waals surface area (Å²) < 4.78 is 5.94. The first-order chi connectivity index (χ1) is 14.3. The second-order valence-electron chi connectivity index (χ2n) is 6.93. The Labute approximate surface area is 178 Å². The van der Waals surface area contributed by atoms with Crippen molar-refractivity contribution in [1.29, 1.82) is 5.26 Å². The van der Waals surface area contributed by atoms with Crippen LogP contribution in [0.5, 0.6) is 5.75 Å². The molecule has 1 atom stereocenters. The molecule has 3 aromatic carbocycles. The third kappa shape index (κ3) is 3.37. The molecule has 0 bridgehead atoms. The zero-order valence-corrected chi connectivity index (χ0v) is 17.2. The number of ether oxygens (including phenoxy) is 1. The van der Waals surface area contributed by atoms with Gasteiger partial charge >= 0.3 is 0 Å². The first-order valence-electron chi connectivity index (χ1n) is 9.39. The number of para-hydroxylation sites is 1. The molecule has 5 rings (SSSR count). The molecule has 29 heavy (non-hydrogen) atoms. The number of nitriles is 1. The predicted molar refractivity (Wildman–Crippen MR) is 117 cm³/mol. The lowest BCUT2D eigenvalue weighted by molar-refractivity contribution is 0.433. The highest BCUT2D eigenvalue weighted by molar-refractivity contribution is 8.05. The fourth-order valence-electron chi connectivity index (χ4n) is 3.57. The average molecular weight is 412 g/mol. The van der Waals surface area contributed by atoms with Crippen LogP contribution in [0.2, 0.25) is 0 Å². The molecule has 2 nitrogen and oxygen atoms in total. The molecule has 0 N–H and O–H groups in total. The van der Waals surface area contributed by atoms with Crippen molar-refractivity contribution in [1.82, 2.24) is 0 Å². The first kappa shape index (κ1) is 18.2. The summed E-state index contributed by atoms with van der Waals surface area (Å²) in [7, 11) is 0. The fourth-order valence-corrected chi connectivity index (χ4v) is 6.03. The van der Waals surface area contributed by atoms with Crippen LogP contribution in [0.3, 0.4) is 0 Å². The maximum Gasteiger partial charge on any atom is 0.127 e. The standard InChI is InChI=1S/C25H17NOS2/c26-17-25(15-13-19(14-16-25)27-18-7-2-1-3-8-18)20-9-6-12-23-24(20)29-22-11-5-4-10-21(22)28-23/h1-15H,16H2. The van der Waals surface area contributed by atoms with Crippen molar-refractivity contribution in [3.05, 3.63) is 102 Å². The largest absolute Gasteiger partial charge is 0.458 e. The van der Waals surface area contributed by atoms with E-state index in [1.807, 2.05) is 48.6 Å². The minimum atomic E-state index is -0.686. The van der Waals surface area contributed by atoms with Crippen molar-refractivity contribution in [2.24, 2.45) is 0 Å². The van der Waals surface area contributed by atoms with E-state index in [9.17, 15) is 5.26 Å². The summed E-state index contributed by atoms with van der Waals surface area (Å²) in [5.74, 6) is 1.58. The summed E-state index contributed by atoms with van der Waals surface area (Å²) in [5, 5.41) is 10.2. The van der Waals surface area contributed by atoms with Gasteiger partial charge in [-0.25, -0.2) is 0 Å². The van der Waals surface area contributed by atoms with Crippen LogP contribution in [0.25, 0.3) is 0 Å². The van der Waals surface area contributed by atoms with Crippen LogP contribution in [0, 0.1) is 11.3 Å². The van der Waals surface area contributed by atoms with Crippen LogP contribution in [0.4, 0.5) is 0 Å². The topological polar surface area (TPSA) is 33.0 Å². The van der Waals surface area contributed by atoms with Gasteiger partial charge in [-0.05, 0) is 54.5 Å². The second kappa shape index (κ2) is 7.51. The van der Waals surface area contributed by atoms with Gasteiger partial charge in [0.2, 0.25) is 0 Å². The van der Waals surface area contributed by atoms with Gasteiger partial charge < -0.3 is 4.74 Å². The third-order valence-electron chi connectivity index (χ3n) is 5.08. The predicted octanol–water partition coefficient (Wildman–Crippen LogP) is 6.99. The lowest BCUT2D eigenvalue weighted by Crippen LogP contribution is -2.24. The third-order valence-corrected chi connectivity index (χ3v) is 7.69. The van der Waals surface area contributed by atoms with E-state index in [2.05, 4.69) is 48.5 Å². The smallest absolute Gasteiger partial charge is 0.127 e. The molecule has 0 radical (unpaired) electrons. The molecular formula is C25H17NOS2. The Bertz CT molecular complexity index is 1180. The van der Waals surface area contributed by atoms with Crippen LogP contribution in [-0.2, 0) is 5.41 Å². The lowest BCUT2D eigenvalue weighted by atomic mass is 9.76. The van der Waals surface area contributed by atoms with Crippen molar-refractivity contribution < 1.29 is 4.74 Å². The van der Waals surface area contributed by atoms with E-state index in [0.29, 0.717) is 6.42 Å². The summed E-state index contributed by atoms with van der Waals surface area (Å²) in [6, 6.07) is 27.0. The Morgan fingerprint density at radius 1 is 0.828 bits per heavy atom. The van der Waals surface area contributed by atoms with Gasteiger partial charge in [-0.15, -0.1) is 0 Å². The highest BCUT2D eigenvalue weighted by atomic mass is 32.2. The Balaban J connectivity index is 1.47. The van der Waals surface area contributed by atoms with E-state index < -0.39 is 5.41 Å². The second-order valence-corrected chi connectivity index (χ2v) is 9.06. The molecule has 0 saturated heterocycles. The molecular weight excluding hydrogens is 394 g/mol. The van der Waals surface area contributed by atoms with Crippen molar-refractivity contribution in [3.8, 4) is 11.8 Å². The van der Waals surface area contributed by atoms with E-state index in [1.165, 1.54) is 19.6 Å². The first-order valence-corrected chi connectivity index (χ1v) is 11.0. The minimum Gasteiger partial charge on any atom is -0.458 e. The fraction of sp³-hybridized carbons (Fsp3) is 0.0800. The molecule has 4 heteroatoms. The number of hydrogen-bond donors (Lipinski definition) is 0. The van der Waals surface area contributed by atoms with Gasteiger partial charge in [0.15, 0.2) is 0 Å². The molecule has 1 unspecified atom stereocenters. The van der Waals surface area contributed by atoms with Crippen LogP contribution in [0.1, 0.15) is 12.0 Å². The molecule has 0 amide bonds. The molecule has 1 aliphatic carbocycles. The highest BCUT2D eigenvalue weighted by Gasteiger charge is 2.35. The maximum atomic E-state index is 10.2. The van der Waals surface area contributed by atoms with Crippen molar-refractivity contribution in [2.45, 2.75) is 31.4 Å². The zero-order chi connectivity index (χ0) is 19.7. The highest BCUT2D eigenvalue weighted by Crippen LogP contribution is 2.52. The number of nitrogens with zero attached hydrogens (tertiary/aromatic N) is 1. The molecule has 1 aliphatic heterocycles. The van der Waals surface area contributed by atoms with E-state index >= 15 is 0 Å². The molecule has 1 heterocycles. The van der Waals surface area contributed by atoms with Gasteiger partial charge in [-0.2, -0.15) is 5.26 Å². The quantitative estimate of drug-likeness (QED) is 0.364. The van der Waals surface area contributed by atoms with Gasteiger partial charge in [0.05, 0.1) is 6.07 Å². The van der Waals surface area contributed by atoms with Gasteiger partial charge in [-0.3, -0.25) is 0 Å². The van der Waals surface area contributed by atoms with Crippen LogP contribution in [-0.4, -0.2) is 0 Å². The monoisotopic (exact) mass is 411 g/mol. The van der Waals surface area contributed by atoms with Crippen LogP contribution < -0.4 is 4.74 Å². The zero-order valence-electron chi connectivity index (χ0n) is 15.5. The summed E-state index contributed by atoms with van der Waals surface area (Å²) in [4.78, 5) is 4.91. The number of allylic oxidation sites excluding steroid dienone is 3. The normalized spacial score (nSPS) is 19.5. The Hall–Kier alpha value is -2.87. The van der Waals surface area contributed by atoms with Crippen LogP contribution in [0.15, 0.2) is 116 Å². The van der Waals surface area contributed by atoms with Gasteiger partial charge in [0, 0.05) is 19.6 Å². The number of benzene rings is 3. The average Bonchev–Trinajstić information content (AvgIpc) is 2.79. The molecule has 0 spiro atoms. The van der Waals surface area contributed by atoms with Crippen LogP contribution >= 0.6 is 23.5 Å². The van der Waals surface area contributed by atoms with Gasteiger partial charge in [-0.1, -0.05) is 72.1 Å². The Morgan fingerprint density at radius 3 is 2.28 bits per heavy atom. The minimum absolute atomic E-state index is 0.589.